The van der Waals surface area contributed by atoms with E-state index in [9.17, 15) is 4.39 Å². The molecule has 2 N–H and O–H groups in total. The highest BCUT2D eigenvalue weighted by Crippen LogP contribution is 2.19. The summed E-state index contributed by atoms with van der Waals surface area (Å²) >= 11 is 1.69. The molecular weight excluding hydrogens is 399 g/mol. The van der Waals surface area contributed by atoms with Crippen molar-refractivity contribution in [2.75, 3.05) is 51.4 Å². The van der Waals surface area contributed by atoms with Crippen LogP contribution in [-0.2, 0) is 18.8 Å². The van der Waals surface area contributed by atoms with Crippen molar-refractivity contribution in [2.24, 2.45) is 4.99 Å². The Morgan fingerprint density at radius 3 is 2.53 bits per heavy atom. The molecule has 1 aromatic carbocycles. The molecule has 0 aliphatic carbocycles. The number of halogens is 1. The summed E-state index contributed by atoms with van der Waals surface area (Å²) < 4.78 is 13.6. The maximum absolute atomic E-state index is 13.6. The van der Waals surface area contributed by atoms with Crippen molar-refractivity contribution < 1.29 is 4.39 Å². The highest BCUT2D eigenvalue weighted by atomic mass is 32.2. The molecule has 0 amide bonds. The van der Waals surface area contributed by atoms with Gasteiger partial charge in [0.05, 0.1) is 0 Å². The van der Waals surface area contributed by atoms with Crippen LogP contribution in [0.2, 0.25) is 0 Å². The van der Waals surface area contributed by atoms with Gasteiger partial charge in [0.15, 0.2) is 5.96 Å². The third kappa shape index (κ3) is 6.09. The number of nitrogens with one attached hydrogen (secondary N) is 2. The molecule has 0 spiro atoms. The number of thioether (sulfide) groups is 1. The Bertz CT molecular complexity index is 851. The first-order valence-electron chi connectivity index (χ1n) is 10.2. The summed E-state index contributed by atoms with van der Waals surface area (Å²) in [6.45, 7) is 5.28. The van der Waals surface area contributed by atoms with E-state index in [0.717, 1.165) is 54.4 Å². The summed E-state index contributed by atoms with van der Waals surface area (Å²) in [5.74, 6) is 2.33. The Labute approximate surface area is 183 Å². The fourth-order valence-corrected chi connectivity index (χ4v) is 4.09. The summed E-state index contributed by atoms with van der Waals surface area (Å²) in [7, 11) is 3.91. The van der Waals surface area contributed by atoms with Crippen molar-refractivity contribution in [3.63, 3.8) is 0 Å². The van der Waals surface area contributed by atoms with Gasteiger partial charge >= 0.3 is 0 Å². The van der Waals surface area contributed by atoms with E-state index in [4.69, 9.17) is 0 Å². The number of nitrogens with zero attached hydrogens (tertiary/aromatic N) is 4. The van der Waals surface area contributed by atoms with E-state index in [1.54, 1.807) is 24.9 Å². The van der Waals surface area contributed by atoms with Gasteiger partial charge in [-0.2, -0.15) is 11.8 Å². The largest absolute Gasteiger partial charge is 0.354 e. The van der Waals surface area contributed by atoms with Gasteiger partial charge in [0.25, 0.3) is 0 Å². The van der Waals surface area contributed by atoms with Crippen molar-refractivity contribution in [3.05, 3.63) is 59.0 Å². The molecule has 162 valence electrons. The van der Waals surface area contributed by atoms with Gasteiger partial charge in [-0.1, -0.05) is 12.1 Å². The normalized spacial score (nSPS) is 15.3. The van der Waals surface area contributed by atoms with Gasteiger partial charge in [-0.3, -0.25) is 4.99 Å². The first-order chi connectivity index (χ1) is 14.6. The number of hydrogen-bond acceptors (Lipinski definition) is 5. The SMILES string of the molecule is CN=C(NCc1ccc(F)cc1CSC)NCc1cccnc1N1CCN(C)CC1. The third-order valence-electron chi connectivity index (χ3n) is 5.25. The van der Waals surface area contributed by atoms with Gasteiger partial charge in [-0.15, -0.1) is 0 Å². The second kappa shape index (κ2) is 11.2. The molecule has 1 fully saturated rings. The summed E-state index contributed by atoms with van der Waals surface area (Å²) in [5.41, 5.74) is 3.23. The Morgan fingerprint density at radius 1 is 1.10 bits per heavy atom. The molecule has 2 heterocycles. The monoisotopic (exact) mass is 430 g/mol. The number of guanidine groups is 1. The van der Waals surface area contributed by atoms with Gasteiger partial charge in [0.2, 0.25) is 0 Å². The third-order valence-corrected chi connectivity index (χ3v) is 5.85. The molecule has 8 heteroatoms. The van der Waals surface area contributed by atoms with Crippen molar-refractivity contribution in [3.8, 4) is 0 Å². The number of aromatic nitrogens is 1. The second-order valence-electron chi connectivity index (χ2n) is 7.40. The molecule has 0 saturated carbocycles. The lowest BCUT2D eigenvalue weighted by atomic mass is 10.1. The standard InChI is InChI=1S/C22H31FN6S/c1-24-22(26-14-17-6-7-20(23)13-19(17)16-30-3)27-15-18-5-4-8-25-21(18)29-11-9-28(2)10-12-29/h4-8,13H,9-12,14-16H2,1-3H3,(H2,24,26,27). The zero-order valence-corrected chi connectivity index (χ0v) is 18.8. The van der Waals surface area contributed by atoms with E-state index in [0.29, 0.717) is 19.0 Å². The molecule has 1 aliphatic rings. The van der Waals surface area contributed by atoms with Gasteiger partial charge in [-0.05, 0) is 42.6 Å². The molecule has 1 aliphatic heterocycles. The molecule has 0 atom stereocenters. The fraction of sp³-hybridized carbons (Fsp3) is 0.455. The van der Waals surface area contributed by atoms with Gasteiger partial charge in [0.1, 0.15) is 11.6 Å². The van der Waals surface area contributed by atoms with E-state index in [2.05, 4.69) is 43.5 Å². The lowest BCUT2D eigenvalue weighted by Gasteiger charge is -2.34. The first-order valence-corrected chi connectivity index (χ1v) is 11.6. The topological polar surface area (TPSA) is 55.8 Å². The summed E-state index contributed by atoms with van der Waals surface area (Å²) in [5, 5.41) is 6.74. The molecule has 3 rings (SSSR count). The quantitative estimate of drug-likeness (QED) is 0.520. The highest BCUT2D eigenvalue weighted by molar-refractivity contribution is 7.97. The molecule has 30 heavy (non-hydrogen) atoms. The van der Waals surface area contributed by atoms with Crippen molar-refractivity contribution >= 4 is 23.5 Å². The number of aliphatic imine (C=N–C) groups is 1. The van der Waals surface area contributed by atoms with Crippen LogP contribution in [0.15, 0.2) is 41.5 Å². The Morgan fingerprint density at radius 2 is 1.83 bits per heavy atom. The van der Waals surface area contributed by atoms with Crippen LogP contribution in [0.5, 0.6) is 0 Å². The molecule has 1 aromatic heterocycles. The second-order valence-corrected chi connectivity index (χ2v) is 8.27. The van der Waals surface area contributed by atoms with E-state index in [-0.39, 0.29) is 5.82 Å². The number of benzene rings is 1. The van der Waals surface area contributed by atoms with Gasteiger partial charge in [-0.25, -0.2) is 9.37 Å². The summed E-state index contributed by atoms with van der Waals surface area (Å²) in [6, 6.07) is 9.04. The lowest BCUT2D eigenvalue weighted by Crippen LogP contribution is -2.45. The van der Waals surface area contributed by atoms with Gasteiger partial charge < -0.3 is 20.4 Å². The smallest absolute Gasteiger partial charge is 0.191 e. The van der Waals surface area contributed by atoms with Crippen LogP contribution in [-0.4, -0.2) is 62.4 Å². The average Bonchev–Trinajstić information content (AvgIpc) is 2.76. The molecule has 0 unspecified atom stereocenters. The molecule has 1 saturated heterocycles. The first kappa shape index (κ1) is 22.4. The number of likely N-dealkylation sites (N-methyl/N-ethyl adjacent to an activating group) is 1. The summed E-state index contributed by atoms with van der Waals surface area (Å²) in [4.78, 5) is 13.7. The Kier molecular flexibility index (Phi) is 8.33. The highest BCUT2D eigenvalue weighted by Gasteiger charge is 2.18. The molecule has 0 bridgehead atoms. The van der Waals surface area contributed by atoms with Crippen LogP contribution < -0.4 is 15.5 Å². The van der Waals surface area contributed by atoms with E-state index >= 15 is 0 Å². The fourth-order valence-electron chi connectivity index (χ4n) is 3.51. The number of hydrogen-bond donors (Lipinski definition) is 2. The van der Waals surface area contributed by atoms with Crippen LogP contribution in [0.4, 0.5) is 10.2 Å². The van der Waals surface area contributed by atoms with E-state index < -0.39 is 0 Å². The minimum absolute atomic E-state index is 0.196. The van der Waals surface area contributed by atoms with Crippen molar-refractivity contribution in [2.45, 2.75) is 18.8 Å². The zero-order valence-electron chi connectivity index (χ0n) is 18.0. The van der Waals surface area contributed by atoms with Crippen LogP contribution in [0.25, 0.3) is 0 Å². The van der Waals surface area contributed by atoms with Crippen LogP contribution in [0.1, 0.15) is 16.7 Å². The lowest BCUT2D eigenvalue weighted by molar-refractivity contribution is 0.312. The van der Waals surface area contributed by atoms with Crippen LogP contribution in [0, 0.1) is 5.82 Å². The average molecular weight is 431 g/mol. The minimum Gasteiger partial charge on any atom is -0.354 e. The number of pyridine rings is 1. The van der Waals surface area contributed by atoms with E-state index in [1.165, 1.54) is 6.07 Å². The maximum Gasteiger partial charge on any atom is 0.191 e. The van der Waals surface area contributed by atoms with Crippen LogP contribution >= 0.6 is 11.8 Å². The molecule has 0 radical (unpaired) electrons. The zero-order chi connectivity index (χ0) is 21.3. The van der Waals surface area contributed by atoms with Gasteiger partial charge in [0, 0.05) is 63.8 Å². The Balaban J connectivity index is 1.60. The predicted octanol–water partition coefficient (Wildman–Crippen LogP) is 2.70. The molecule has 2 aromatic rings. The Hall–Kier alpha value is -2.32. The molecule has 6 nitrogen and oxygen atoms in total. The summed E-state index contributed by atoms with van der Waals surface area (Å²) in [6.07, 6.45) is 3.88. The predicted molar refractivity (Wildman–Crippen MR) is 125 cm³/mol. The minimum atomic E-state index is -0.196. The van der Waals surface area contributed by atoms with E-state index in [1.807, 2.05) is 24.6 Å². The van der Waals surface area contributed by atoms with Crippen LogP contribution in [0.3, 0.4) is 0 Å². The number of rotatable bonds is 7. The number of anilines is 1. The van der Waals surface area contributed by atoms with Crippen molar-refractivity contribution in [1.29, 1.82) is 0 Å². The van der Waals surface area contributed by atoms with Crippen molar-refractivity contribution in [1.82, 2.24) is 20.5 Å². The maximum atomic E-state index is 13.6. The number of piperazine rings is 1. The molecular formula is C22H31FN6S.